The second-order valence-corrected chi connectivity index (χ2v) is 16.3. The van der Waals surface area contributed by atoms with Crippen molar-refractivity contribution in [3.8, 4) is 0 Å². The molecule has 3 atom stereocenters. The molecule has 0 aliphatic heterocycles. The molecule has 0 fully saturated rings. The van der Waals surface area contributed by atoms with E-state index in [0.717, 1.165) is 51.4 Å². The van der Waals surface area contributed by atoms with Gasteiger partial charge in [-0.25, -0.2) is 0 Å². The summed E-state index contributed by atoms with van der Waals surface area (Å²) in [5.41, 5.74) is 0. The maximum atomic E-state index is 12.6. The zero-order chi connectivity index (χ0) is 39.5. The molecule has 0 aromatic heterocycles. The van der Waals surface area contributed by atoms with Crippen LogP contribution in [0.3, 0.4) is 0 Å². The fourth-order valence-corrected chi connectivity index (χ4v) is 5.84. The van der Waals surface area contributed by atoms with Crippen LogP contribution < -0.4 is 4.89 Å². The second-order valence-electron chi connectivity index (χ2n) is 14.8. The summed E-state index contributed by atoms with van der Waals surface area (Å²) in [4.78, 5) is 37.4. The van der Waals surface area contributed by atoms with Crippen LogP contribution in [0.4, 0.5) is 0 Å². The molecular weight excluding hydrogens is 693 g/mol. The number of quaternary nitrogens is 1. The van der Waals surface area contributed by atoms with Crippen LogP contribution in [-0.4, -0.2) is 81.2 Å². The van der Waals surface area contributed by atoms with Crippen LogP contribution in [0.15, 0.2) is 48.6 Å². The van der Waals surface area contributed by atoms with Crippen molar-refractivity contribution in [1.82, 2.24) is 0 Å². The Morgan fingerprint density at radius 2 is 1.28 bits per heavy atom. The molecule has 0 aromatic carbocycles. The third kappa shape index (κ3) is 38.0. The molecule has 53 heavy (non-hydrogen) atoms. The highest BCUT2D eigenvalue weighted by Gasteiger charge is 2.21. The normalized spacial score (nSPS) is 14.8. The van der Waals surface area contributed by atoms with Crippen LogP contribution in [0, 0.1) is 0 Å². The Labute approximate surface area is 323 Å². The van der Waals surface area contributed by atoms with Gasteiger partial charge in [0.25, 0.3) is 7.82 Å². The molecular formula is C42H76NO9P. The van der Waals surface area contributed by atoms with Crippen molar-refractivity contribution in [2.24, 2.45) is 0 Å². The van der Waals surface area contributed by atoms with Crippen molar-refractivity contribution in [3.63, 3.8) is 0 Å². The average Bonchev–Trinajstić information content (AvgIpc) is 3.09. The Kier molecular flexibility index (Phi) is 33.1. The number of allylic oxidation sites excluding steroid dienone is 7. The summed E-state index contributed by atoms with van der Waals surface area (Å²) in [7, 11) is 1.05. The minimum absolute atomic E-state index is 0.0500. The van der Waals surface area contributed by atoms with E-state index in [1.54, 1.807) is 12.2 Å². The number of likely N-dealkylation sites (N-methyl/N-ethyl adjacent to an activating group) is 1. The number of esters is 2. The Balaban J connectivity index is 4.59. The van der Waals surface area contributed by atoms with E-state index in [-0.39, 0.29) is 26.1 Å². The molecule has 0 saturated carbocycles. The van der Waals surface area contributed by atoms with E-state index in [1.807, 2.05) is 33.3 Å². The maximum Gasteiger partial charge on any atom is 0.306 e. The fourth-order valence-electron chi connectivity index (χ4n) is 5.11. The summed E-state index contributed by atoms with van der Waals surface area (Å²) in [6.07, 6.45) is 34.6. The highest BCUT2D eigenvalue weighted by molar-refractivity contribution is 7.45. The summed E-state index contributed by atoms with van der Waals surface area (Å²) in [5.74, 6) is -1.05. The molecule has 0 rings (SSSR count). The van der Waals surface area contributed by atoms with Gasteiger partial charge in [0.2, 0.25) is 0 Å². The third-order valence-corrected chi connectivity index (χ3v) is 9.39. The number of hydrogen-bond acceptors (Lipinski definition) is 9. The molecule has 10 nitrogen and oxygen atoms in total. The summed E-state index contributed by atoms with van der Waals surface area (Å²) >= 11 is 0. The molecule has 0 aliphatic carbocycles. The summed E-state index contributed by atoms with van der Waals surface area (Å²) in [6, 6.07) is 0. The van der Waals surface area contributed by atoms with Crippen LogP contribution in [0.1, 0.15) is 149 Å². The maximum absolute atomic E-state index is 12.6. The van der Waals surface area contributed by atoms with E-state index >= 15 is 0 Å². The summed E-state index contributed by atoms with van der Waals surface area (Å²) in [6.45, 7) is 3.92. The van der Waals surface area contributed by atoms with E-state index in [0.29, 0.717) is 30.3 Å². The Morgan fingerprint density at radius 3 is 1.94 bits per heavy atom. The first-order valence-corrected chi connectivity index (χ1v) is 21.9. The van der Waals surface area contributed by atoms with Gasteiger partial charge in [-0.3, -0.25) is 14.2 Å². The predicted molar refractivity (Wildman–Crippen MR) is 214 cm³/mol. The van der Waals surface area contributed by atoms with Crippen molar-refractivity contribution in [2.75, 3.05) is 47.5 Å². The number of hydrogen-bond donors (Lipinski definition) is 1. The monoisotopic (exact) mass is 770 g/mol. The van der Waals surface area contributed by atoms with Gasteiger partial charge in [-0.1, -0.05) is 127 Å². The smallest absolute Gasteiger partial charge is 0.306 e. The lowest BCUT2D eigenvalue weighted by molar-refractivity contribution is -0.870. The SMILES string of the molecule is CCCC/C=C\CCCCCCCC(=O)O[C@H](COC(=O)CCCC(O)/C=C/C=C/C/C=C/CCCCCCCC)COP(=O)([O-])OCC[N+](C)(C)C. The predicted octanol–water partition coefficient (Wildman–Crippen LogP) is 9.47. The third-order valence-electron chi connectivity index (χ3n) is 8.43. The van der Waals surface area contributed by atoms with Crippen LogP contribution in [0.5, 0.6) is 0 Å². The average molecular weight is 770 g/mol. The highest BCUT2D eigenvalue weighted by atomic mass is 31.2. The van der Waals surface area contributed by atoms with E-state index in [9.17, 15) is 24.2 Å². The molecule has 0 amide bonds. The number of aliphatic hydroxyl groups is 1. The molecule has 0 radical (unpaired) electrons. The molecule has 0 aliphatic rings. The summed E-state index contributed by atoms with van der Waals surface area (Å²) in [5, 5.41) is 10.3. The number of ether oxygens (including phenoxy) is 2. The van der Waals surface area contributed by atoms with E-state index in [4.69, 9.17) is 18.5 Å². The van der Waals surface area contributed by atoms with Crippen LogP contribution in [0.2, 0.25) is 0 Å². The lowest BCUT2D eigenvalue weighted by Crippen LogP contribution is -2.37. The van der Waals surface area contributed by atoms with Gasteiger partial charge in [-0.15, -0.1) is 0 Å². The number of phosphoric acid groups is 1. The van der Waals surface area contributed by atoms with Crippen molar-refractivity contribution >= 4 is 19.8 Å². The van der Waals surface area contributed by atoms with Gasteiger partial charge in [-0.2, -0.15) is 0 Å². The summed E-state index contributed by atoms with van der Waals surface area (Å²) < 4.78 is 33.6. The van der Waals surface area contributed by atoms with Gasteiger partial charge < -0.3 is 33.0 Å². The van der Waals surface area contributed by atoms with Crippen LogP contribution in [-0.2, 0) is 32.7 Å². The van der Waals surface area contributed by atoms with Crippen molar-refractivity contribution in [3.05, 3.63) is 48.6 Å². The quantitative estimate of drug-likeness (QED) is 0.0165. The highest BCUT2D eigenvalue weighted by Crippen LogP contribution is 2.38. The molecule has 1 N–H and O–H groups in total. The first-order valence-electron chi connectivity index (χ1n) is 20.5. The van der Waals surface area contributed by atoms with Gasteiger partial charge in [0.1, 0.15) is 19.8 Å². The minimum Gasteiger partial charge on any atom is -0.756 e. The van der Waals surface area contributed by atoms with E-state index < -0.39 is 38.6 Å². The molecule has 308 valence electrons. The Bertz CT molecular complexity index is 1070. The number of phosphoric ester groups is 1. The molecule has 0 spiro atoms. The van der Waals surface area contributed by atoms with Crippen LogP contribution >= 0.6 is 7.82 Å². The Hall–Kier alpha value is -2.07. The van der Waals surface area contributed by atoms with Gasteiger partial charge in [0.15, 0.2) is 6.10 Å². The largest absolute Gasteiger partial charge is 0.756 e. The van der Waals surface area contributed by atoms with Gasteiger partial charge >= 0.3 is 11.9 Å². The zero-order valence-electron chi connectivity index (χ0n) is 34.1. The fraction of sp³-hybridized carbons (Fsp3) is 0.762. The van der Waals surface area contributed by atoms with E-state index in [1.165, 1.54) is 51.4 Å². The van der Waals surface area contributed by atoms with Crippen molar-refractivity contribution < 1.29 is 47.2 Å². The van der Waals surface area contributed by atoms with Crippen LogP contribution in [0.25, 0.3) is 0 Å². The number of carbonyl (C=O) groups excluding carboxylic acids is 2. The second kappa shape index (κ2) is 34.4. The van der Waals surface area contributed by atoms with Crippen molar-refractivity contribution in [1.29, 1.82) is 0 Å². The molecule has 0 saturated heterocycles. The minimum atomic E-state index is -4.67. The molecule has 0 heterocycles. The molecule has 2 unspecified atom stereocenters. The molecule has 0 aromatic rings. The Morgan fingerprint density at radius 1 is 0.698 bits per heavy atom. The first-order chi connectivity index (χ1) is 25.4. The first kappa shape index (κ1) is 50.9. The topological polar surface area (TPSA) is 131 Å². The number of carbonyl (C=O) groups is 2. The lowest BCUT2D eigenvalue weighted by atomic mass is 10.1. The number of nitrogens with zero attached hydrogens (tertiary/aromatic N) is 1. The van der Waals surface area contributed by atoms with Gasteiger partial charge in [0, 0.05) is 12.8 Å². The number of rotatable bonds is 36. The van der Waals surface area contributed by atoms with E-state index in [2.05, 4.69) is 38.2 Å². The number of unbranched alkanes of at least 4 members (excludes halogenated alkanes) is 13. The molecule has 0 bridgehead atoms. The standard InChI is InChI=1S/C42H76NO9P/c1-6-8-10-12-14-16-18-19-21-22-24-26-28-31-39(44)32-30-34-41(45)49-37-40(38-51-53(47,48)50-36-35-43(3,4)5)52-42(46)33-29-27-25-23-20-17-15-13-11-9-7-2/h13,15,19,21,24,26,28,31,39-40,44H,6-12,14,16-18,20,22-23,25,27,29-30,32-38H2,1-5H3/b15-13-,21-19+,26-24+,31-28+/t39?,40-/m1/s1. The van der Waals surface area contributed by atoms with Crippen molar-refractivity contribution in [2.45, 2.75) is 161 Å². The number of aliphatic hydroxyl groups excluding tert-OH is 1. The lowest BCUT2D eigenvalue weighted by Gasteiger charge is -2.28. The molecule has 11 heteroatoms. The van der Waals surface area contributed by atoms with Gasteiger partial charge in [0.05, 0.1) is 33.9 Å². The van der Waals surface area contributed by atoms with Gasteiger partial charge in [-0.05, 0) is 57.8 Å². The zero-order valence-corrected chi connectivity index (χ0v) is 35.0.